The Balaban J connectivity index is 2.32. The molecule has 0 radical (unpaired) electrons. The van der Waals surface area contributed by atoms with Crippen molar-refractivity contribution in [3.8, 4) is 0 Å². The number of rotatable bonds is 3. The topological polar surface area (TPSA) is 32.3 Å². The van der Waals surface area contributed by atoms with Crippen molar-refractivity contribution < 1.29 is 5.11 Å². The molecule has 1 fully saturated rings. The summed E-state index contributed by atoms with van der Waals surface area (Å²) in [6.07, 6.45) is 3.91. The molecule has 13 heavy (non-hydrogen) atoms. The van der Waals surface area contributed by atoms with E-state index >= 15 is 0 Å². The van der Waals surface area contributed by atoms with Gasteiger partial charge in [0.25, 0.3) is 0 Å². The predicted octanol–water partition coefficient (Wildman–Crippen LogP) is 1.78. The van der Waals surface area contributed by atoms with E-state index in [1.165, 1.54) is 19.3 Å². The second-order valence-electron chi connectivity index (χ2n) is 4.86. The number of aliphatic hydroxyl groups excluding tert-OH is 1. The summed E-state index contributed by atoms with van der Waals surface area (Å²) >= 11 is 0. The summed E-state index contributed by atoms with van der Waals surface area (Å²) in [5.41, 5.74) is 0. The van der Waals surface area contributed by atoms with Crippen LogP contribution in [0, 0.1) is 11.8 Å². The number of nitrogens with one attached hydrogen (secondary N) is 1. The van der Waals surface area contributed by atoms with Crippen LogP contribution in [-0.2, 0) is 0 Å². The molecule has 0 amide bonds. The summed E-state index contributed by atoms with van der Waals surface area (Å²) < 4.78 is 0. The smallest absolute Gasteiger partial charge is 0.0582 e. The Bertz CT molecular complexity index is 139. The molecule has 2 heteroatoms. The molecule has 1 rings (SSSR count). The molecule has 1 aliphatic carbocycles. The third kappa shape index (κ3) is 3.65. The Kier molecular flexibility index (Phi) is 4.20. The van der Waals surface area contributed by atoms with Gasteiger partial charge in [-0.25, -0.2) is 0 Å². The van der Waals surface area contributed by atoms with Gasteiger partial charge in [-0.2, -0.15) is 0 Å². The highest BCUT2D eigenvalue weighted by molar-refractivity contribution is 4.81. The van der Waals surface area contributed by atoms with Crippen molar-refractivity contribution in [1.82, 2.24) is 5.32 Å². The molecule has 1 saturated carbocycles. The first kappa shape index (κ1) is 11.0. The van der Waals surface area contributed by atoms with Gasteiger partial charge in [-0.15, -0.1) is 0 Å². The standard InChI is InChI=1S/C11H23NO/c1-8-4-9(2)6-11(5-8)12-10(3)7-13/h8-13H,4-7H2,1-3H3/t8?,9?,10-,11?/m0/s1. The molecule has 2 N–H and O–H groups in total. The highest BCUT2D eigenvalue weighted by atomic mass is 16.3. The van der Waals surface area contributed by atoms with Crippen LogP contribution in [-0.4, -0.2) is 23.8 Å². The van der Waals surface area contributed by atoms with Gasteiger partial charge in [-0.05, 0) is 38.0 Å². The van der Waals surface area contributed by atoms with E-state index in [1.807, 2.05) is 6.92 Å². The average Bonchev–Trinajstić information content (AvgIpc) is 2.02. The highest BCUT2D eigenvalue weighted by Gasteiger charge is 2.24. The SMILES string of the molecule is CC1CC(C)CC(N[C@@H](C)CO)C1. The van der Waals surface area contributed by atoms with Gasteiger partial charge in [-0.3, -0.25) is 0 Å². The van der Waals surface area contributed by atoms with Crippen molar-refractivity contribution in [3.63, 3.8) is 0 Å². The summed E-state index contributed by atoms with van der Waals surface area (Å²) in [6.45, 7) is 6.95. The quantitative estimate of drug-likeness (QED) is 0.702. The minimum atomic E-state index is 0.249. The first-order valence-corrected chi connectivity index (χ1v) is 5.48. The Morgan fingerprint density at radius 3 is 2.23 bits per heavy atom. The maximum atomic E-state index is 8.93. The second-order valence-corrected chi connectivity index (χ2v) is 4.86. The van der Waals surface area contributed by atoms with Crippen LogP contribution in [0.5, 0.6) is 0 Å². The van der Waals surface area contributed by atoms with Crippen molar-refractivity contribution in [2.75, 3.05) is 6.61 Å². The normalized spacial score (nSPS) is 37.4. The molecule has 0 aliphatic heterocycles. The van der Waals surface area contributed by atoms with E-state index in [4.69, 9.17) is 5.11 Å². The summed E-state index contributed by atoms with van der Waals surface area (Å²) in [4.78, 5) is 0. The molecule has 0 aromatic heterocycles. The van der Waals surface area contributed by atoms with Crippen molar-refractivity contribution in [2.45, 2.75) is 52.1 Å². The lowest BCUT2D eigenvalue weighted by atomic mass is 9.80. The molecule has 0 bridgehead atoms. The van der Waals surface area contributed by atoms with E-state index in [2.05, 4.69) is 19.2 Å². The minimum absolute atomic E-state index is 0.249. The van der Waals surface area contributed by atoms with Gasteiger partial charge in [0.05, 0.1) is 6.61 Å². The third-order valence-electron chi connectivity index (χ3n) is 2.97. The van der Waals surface area contributed by atoms with Crippen molar-refractivity contribution in [3.05, 3.63) is 0 Å². The molecule has 0 aromatic carbocycles. The third-order valence-corrected chi connectivity index (χ3v) is 2.97. The van der Waals surface area contributed by atoms with E-state index in [-0.39, 0.29) is 12.6 Å². The Morgan fingerprint density at radius 2 is 1.77 bits per heavy atom. The van der Waals surface area contributed by atoms with Gasteiger partial charge in [0.15, 0.2) is 0 Å². The molecule has 0 spiro atoms. The van der Waals surface area contributed by atoms with Crippen LogP contribution in [0.1, 0.15) is 40.0 Å². The fourth-order valence-corrected chi connectivity index (χ4v) is 2.54. The molecule has 0 heterocycles. The van der Waals surface area contributed by atoms with Crippen LogP contribution in [0.25, 0.3) is 0 Å². The number of hydrogen-bond donors (Lipinski definition) is 2. The van der Waals surface area contributed by atoms with Gasteiger partial charge in [-0.1, -0.05) is 13.8 Å². The van der Waals surface area contributed by atoms with Crippen molar-refractivity contribution >= 4 is 0 Å². The molecule has 78 valence electrons. The molecule has 1 aliphatic rings. The zero-order valence-electron chi connectivity index (χ0n) is 9.09. The van der Waals surface area contributed by atoms with Crippen LogP contribution in [0.2, 0.25) is 0 Å². The first-order chi connectivity index (χ1) is 6.11. The van der Waals surface area contributed by atoms with E-state index in [9.17, 15) is 0 Å². The lowest BCUT2D eigenvalue weighted by Crippen LogP contribution is -2.42. The molecule has 0 aromatic rings. The highest BCUT2D eigenvalue weighted by Crippen LogP contribution is 2.28. The molecule has 0 saturated heterocycles. The van der Waals surface area contributed by atoms with Gasteiger partial charge >= 0.3 is 0 Å². The lowest BCUT2D eigenvalue weighted by Gasteiger charge is -2.33. The fraction of sp³-hybridized carbons (Fsp3) is 1.00. The van der Waals surface area contributed by atoms with E-state index in [0.717, 1.165) is 11.8 Å². The molecule has 3 atom stereocenters. The Morgan fingerprint density at radius 1 is 1.23 bits per heavy atom. The number of aliphatic hydroxyl groups is 1. The van der Waals surface area contributed by atoms with E-state index in [1.54, 1.807) is 0 Å². The van der Waals surface area contributed by atoms with Crippen LogP contribution in [0.15, 0.2) is 0 Å². The van der Waals surface area contributed by atoms with Gasteiger partial charge < -0.3 is 10.4 Å². The van der Waals surface area contributed by atoms with Gasteiger partial charge in [0, 0.05) is 12.1 Å². The van der Waals surface area contributed by atoms with Crippen molar-refractivity contribution in [1.29, 1.82) is 0 Å². The summed E-state index contributed by atoms with van der Waals surface area (Å²) in [6, 6.07) is 0.878. The molecular weight excluding hydrogens is 162 g/mol. The average molecular weight is 185 g/mol. The largest absolute Gasteiger partial charge is 0.395 e. The second kappa shape index (κ2) is 4.97. The summed E-state index contributed by atoms with van der Waals surface area (Å²) in [5, 5.41) is 12.4. The van der Waals surface area contributed by atoms with E-state index in [0.29, 0.717) is 6.04 Å². The lowest BCUT2D eigenvalue weighted by molar-refractivity contribution is 0.192. The first-order valence-electron chi connectivity index (χ1n) is 5.48. The van der Waals surface area contributed by atoms with E-state index < -0.39 is 0 Å². The van der Waals surface area contributed by atoms with Crippen molar-refractivity contribution in [2.24, 2.45) is 11.8 Å². The monoisotopic (exact) mass is 185 g/mol. The van der Waals surface area contributed by atoms with Gasteiger partial charge in [0.2, 0.25) is 0 Å². The van der Waals surface area contributed by atoms with Crippen LogP contribution >= 0.6 is 0 Å². The molecular formula is C11H23NO. The molecule has 2 nitrogen and oxygen atoms in total. The minimum Gasteiger partial charge on any atom is -0.395 e. The molecule has 2 unspecified atom stereocenters. The number of hydrogen-bond acceptors (Lipinski definition) is 2. The van der Waals surface area contributed by atoms with Gasteiger partial charge in [0.1, 0.15) is 0 Å². The van der Waals surface area contributed by atoms with Crippen LogP contribution in [0.3, 0.4) is 0 Å². The zero-order valence-corrected chi connectivity index (χ0v) is 9.09. The summed E-state index contributed by atoms with van der Waals surface area (Å²) in [5.74, 6) is 1.68. The Labute approximate surface area is 81.7 Å². The van der Waals surface area contributed by atoms with Crippen LogP contribution < -0.4 is 5.32 Å². The van der Waals surface area contributed by atoms with Crippen LogP contribution in [0.4, 0.5) is 0 Å². The maximum absolute atomic E-state index is 8.93. The fourth-order valence-electron chi connectivity index (χ4n) is 2.54. The Hall–Kier alpha value is -0.0800. The summed E-state index contributed by atoms with van der Waals surface area (Å²) in [7, 11) is 0. The maximum Gasteiger partial charge on any atom is 0.0582 e. The zero-order chi connectivity index (χ0) is 9.84. The predicted molar refractivity (Wildman–Crippen MR) is 55.7 cm³/mol.